The van der Waals surface area contributed by atoms with Gasteiger partial charge in [-0.05, 0) is 38.5 Å². The van der Waals surface area contributed by atoms with E-state index in [-0.39, 0.29) is 11.3 Å². The Morgan fingerprint density at radius 3 is 2.58 bits per heavy atom. The van der Waals surface area contributed by atoms with Crippen molar-refractivity contribution in [1.82, 2.24) is 4.98 Å². The maximum atomic E-state index is 12.3. The van der Waals surface area contributed by atoms with E-state index in [1.165, 1.54) is 0 Å². The van der Waals surface area contributed by atoms with E-state index in [1.54, 1.807) is 19.9 Å². The lowest BCUT2D eigenvalue weighted by Crippen LogP contribution is -2.13. The number of pyridine rings is 1. The van der Waals surface area contributed by atoms with E-state index in [9.17, 15) is 9.59 Å². The number of rotatable bonds is 2. The number of aromatic amines is 1. The van der Waals surface area contributed by atoms with Gasteiger partial charge in [-0.3, -0.25) is 9.59 Å². The third-order valence-corrected chi connectivity index (χ3v) is 3.40. The van der Waals surface area contributed by atoms with Crippen LogP contribution in [0.25, 0.3) is 10.9 Å². The molecule has 1 amide bonds. The summed E-state index contributed by atoms with van der Waals surface area (Å²) in [5.41, 5.74) is 4.07. The van der Waals surface area contributed by atoms with Crippen molar-refractivity contribution >= 4 is 22.5 Å². The van der Waals surface area contributed by atoms with Crippen molar-refractivity contribution < 1.29 is 4.79 Å². The number of nitrogens with one attached hydrogen (secondary N) is 2. The van der Waals surface area contributed by atoms with Crippen LogP contribution < -0.4 is 10.7 Å². The Balaban J connectivity index is 2.69. The van der Waals surface area contributed by atoms with Gasteiger partial charge in [0, 0.05) is 28.8 Å². The maximum Gasteiger partial charge on any atom is 0.224 e. The van der Waals surface area contributed by atoms with Gasteiger partial charge in [0.1, 0.15) is 0 Å². The van der Waals surface area contributed by atoms with Crippen LogP contribution in [0.4, 0.5) is 5.69 Å². The highest BCUT2D eigenvalue weighted by Gasteiger charge is 2.10. The summed E-state index contributed by atoms with van der Waals surface area (Å²) in [6.45, 7) is 7.42. The molecule has 0 spiro atoms. The van der Waals surface area contributed by atoms with E-state index >= 15 is 0 Å². The number of carbonyl (C=O) groups excluding carboxylic acids is 1. The molecular formula is C15H18N2O2. The summed E-state index contributed by atoms with van der Waals surface area (Å²) in [5, 5.41) is 3.41. The van der Waals surface area contributed by atoms with Gasteiger partial charge in [-0.15, -0.1) is 0 Å². The van der Waals surface area contributed by atoms with E-state index in [4.69, 9.17) is 0 Å². The van der Waals surface area contributed by atoms with Crippen LogP contribution >= 0.6 is 0 Å². The Kier molecular flexibility index (Phi) is 3.42. The summed E-state index contributed by atoms with van der Waals surface area (Å²) >= 11 is 0. The van der Waals surface area contributed by atoms with Gasteiger partial charge in [0.05, 0.1) is 5.52 Å². The van der Waals surface area contributed by atoms with Crippen molar-refractivity contribution in [2.24, 2.45) is 0 Å². The van der Waals surface area contributed by atoms with Gasteiger partial charge in [0.25, 0.3) is 0 Å². The molecule has 0 saturated heterocycles. The fourth-order valence-corrected chi connectivity index (χ4v) is 2.11. The molecule has 0 atom stereocenters. The highest BCUT2D eigenvalue weighted by molar-refractivity contribution is 5.94. The first-order valence-corrected chi connectivity index (χ1v) is 6.37. The molecule has 0 radical (unpaired) electrons. The second kappa shape index (κ2) is 4.88. The maximum absolute atomic E-state index is 12.3. The van der Waals surface area contributed by atoms with E-state index in [0.29, 0.717) is 23.1 Å². The Bertz CT molecular complexity index is 714. The molecule has 2 aromatic rings. The van der Waals surface area contributed by atoms with Crippen LogP contribution in [-0.2, 0) is 4.79 Å². The highest BCUT2D eigenvalue weighted by atomic mass is 16.1. The SMILES string of the molecule is CCC(=O)Nc1cc(C)c2[nH]c(C)c(C)c(=O)c2c1. The molecular weight excluding hydrogens is 240 g/mol. The Morgan fingerprint density at radius 1 is 1.26 bits per heavy atom. The molecule has 1 aromatic carbocycles. The number of anilines is 1. The number of carbonyl (C=O) groups is 1. The zero-order valence-corrected chi connectivity index (χ0v) is 11.7. The minimum Gasteiger partial charge on any atom is -0.358 e. The number of hydrogen-bond acceptors (Lipinski definition) is 2. The van der Waals surface area contributed by atoms with Gasteiger partial charge in [-0.2, -0.15) is 0 Å². The van der Waals surface area contributed by atoms with Gasteiger partial charge in [0.2, 0.25) is 5.91 Å². The Hall–Kier alpha value is -2.10. The number of aromatic nitrogens is 1. The number of amides is 1. The van der Waals surface area contributed by atoms with E-state index in [0.717, 1.165) is 16.8 Å². The molecule has 0 aliphatic rings. The largest absolute Gasteiger partial charge is 0.358 e. The standard InChI is InChI=1S/C15H18N2O2/c1-5-13(18)17-11-6-8(2)14-12(7-11)15(19)9(3)10(4)16-14/h6-7H,5H2,1-4H3,(H,16,19)(H,17,18). The molecule has 4 heteroatoms. The average molecular weight is 258 g/mol. The van der Waals surface area contributed by atoms with Gasteiger partial charge in [-0.25, -0.2) is 0 Å². The summed E-state index contributed by atoms with van der Waals surface area (Å²) in [7, 11) is 0. The Morgan fingerprint density at radius 2 is 1.95 bits per heavy atom. The summed E-state index contributed by atoms with van der Waals surface area (Å²) < 4.78 is 0. The lowest BCUT2D eigenvalue weighted by Gasteiger charge is -2.10. The third-order valence-electron chi connectivity index (χ3n) is 3.40. The van der Waals surface area contributed by atoms with E-state index < -0.39 is 0 Å². The smallest absolute Gasteiger partial charge is 0.224 e. The molecule has 1 heterocycles. The van der Waals surface area contributed by atoms with Gasteiger partial charge >= 0.3 is 0 Å². The lowest BCUT2D eigenvalue weighted by atomic mass is 10.1. The van der Waals surface area contributed by atoms with Crippen LogP contribution in [0.5, 0.6) is 0 Å². The molecule has 0 aliphatic carbocycles. The normalized spacial score (nSPS) is 10.7. The summed E-state index contributed by atoms with van der Waals surface area (Å²) in [6, 6.07) is 3.61. The first-order chi connectivity index (χ1) is 8.93. The number of H-pyrrole nitrogens is 1. The molecule has 2 rings (SSSR count). The van der Waals surface area contributed by atoms with Crippen LogP contribution in [-0.4, -0.2) is 10.9 Å². The van der Waals surface area contributed by atoms with Crippen LogP contribution in [0, 0.1) is 20.8 Å². The second-order valence-electron chi connectivity index (χ2n) is 4.82. The van der Waals surface area contributed by atoms with Crippen molar-refractivity contribution in [3.05, 3.63) is 39.2 Å². The van der Waals surface area contributed by atoms with Crippen molar-refractivity contribution in [1.29, 1.82) is 0 Å². The fraction of sp³-hybridized carbons (Fsp3) is 0.333. The molecule has 0 saturated carbocycles. The number of hydrogen-bond donors (Lipinski definition) is 2. The molecule has 2 N–H and O–H groups in total. The Labute approximate surface area is 111 Å². The fourth-order valence-electron chi connectivity index (χ4n) is 2.11. The molecule has 19 heavy (non-hydrogen) atoms. The van der Waals surface area contributed by atoms with Crippen molar-refractivity contribution in [2.75, 3.05) is 5.32 Å². The van der Waals surface area contributed by atoms with E-state index in [1.807, 2.05) is 19.9 Å². The summed E-state index contributed by atoms with van der Waals surface area (Å²) in [4.78, 5) is 27.0. The molecule has 100 valence electrons. The molecule has 1 aromatic heterocycles. The van der Waals surface area contributed by atoms with Gasteiger partial charge < -0.3 is 10.3 Å². The predicted octanol–water partition coefficient (Wildman–Crippen LogP) is 2.80. The van der Waals surface area contributed by atoms with Gasteiger partial charge in [0.15, 0.2) is 5.43 Å². The quantitative estimate of drug-likeness (QED) is 0.870. The predicted molar refractivity (Wildman–Crippen MR) is 77.7 cm³/mol. The third kappa shape index (κ3) is 2.38. The van der Waals surface area contributed by atoms with Gasteiger partial charge in [-0.1, -0.05) is 6.92 Å². The minimum atomic E-state index is -0.0565. The number of benzene rings is 1. The first kappa shape index (κ1) is 13.3. The van der Waals surface area contributed by atoms with Crippen LogP contribution in [0.3, 0.4) is 0 Å². The molecule has 0 unspecified atom stereocenters. The molecule has 0 fully saturated rings. The summed E-state index contributed by atoms with van der Waals surface area (Å²) in [5.74, 6) is -0.0565. The highest BCUT2D eigenvalue weighted by Crippen LogP contribution is 2.21. The minimum absolute atomic E-state index is 0.0157. The number of aryl methyl sites for hydroxylation is 2. The van der Waals surface area contributed by atoms with Crippen LogP contribution in [0.15, 0.2) is 16.9 Å². The van der Waals surface area contributed by atoms with Crippen molar-refractivity contribution in [3.63, 3.8) is 0 Å². The van der Waals surface area contributed by atoms with Crippen LogP contribution in [0.2, 0.25) is 0 Å². The molecule has 0 aliphatic heterocycles. The second-order valence-corrected chi connectivity index (χ2v) is 4.82. The first-order valence-electron chi connectivity index (χ1n) is 6.37. The summed E-state index contributed by atoms with van der Waals surface area (Å²) in [6.07, 6.45) is 0.417. The topological polar surface area (TPSA) is 62.0 Å². The van der Waals surface area contributed by atoms with Crippen molar-refractivity contribution in [2.45, 2.75) is 34.1 Å². The molecule has 0 bridgehead atoms. The number of fused-ring (bicyclic) bond motifs is 1. The zero-order chi connectivity index (χ0) is 14.2. The van der Waals surface area contributed by atoms with Crippen LogP contribution in [0.1, 0.15) is 30.2 Å². The lowest BCUT2D eigenvalue weighted by molar-refractivity contribution is -0.115. The monoisotopic (exact) mass is 258 g/mol. The average Bonchev–Trinajstić information content (AvgIpc) is 2.37. The van der Waals surface area contributed by atoms with Crippen molar-refractivity contribution in [3.8, 4) is 0 Å². The molecule has 4 nitrogen and oxygen atoms in total. The van der Waals surface area contributed by atoms with E-state index in [2.05, 4.69) is 10.3 Å². The zero-order valence-electron chi connectivity index (χ0n) is 11.7.